The van der Waals surface area contributed by atoms with Crippen molar-refractivity contribution in [3.63, 3.8) is 0 Å². The number of para-hydroxylation sites is 1. The Hall–Kier alpha value is -2.69. The fourth-order valence-electron chi connectivity index (χ4n) is 2.20. The van der Waals surface area contributed by atoms with Crippen molar-refractivity contribution in [3.8, 4) is 0 Å². The molecule has 2 rings (SSSR count). The van der Waals surface area contributed by atoms with Gasteiger partial charge in [0.15, 0.2) is 0 Å². The molecule has 0 bridgehead atoms. The molecule has 0 spiro atoms. The predicted octanol–water partition coefficient (Wildman–Crippen LogP) is 3.43. The molecule has 0 atom stereocenters. The number of hydrogen-bond acceptors (Lipinski definition) is 2. The van der Waals surface area contributed by atoms with Crippen molar-refractivity contribution in [3.05, 3.63) is 59.4 Å². The van der Waals surface area contributed by atoms with Gasteiger partial charge in [-0.3, -0.25) is 9.59 Å². The first kappa shape index (κ1) is 16.7. The normalized spacial score (nSPS) is 10.3. The molecule has 0 aliphatic rings. The van der Waals surface area contributed by atoms with Crippen LogP contribution in [0.1, 0.15) is 18.1 Å². The molecule has 0 fully saturated rings. The number of nitrogens with zero attached hydrogens (tertiary/aromatic N) is 1. The average Bonchev–Trinajstić information content (AvgIpc) is 2.49. The highest BCUT2D eigenvalue weighted by atomic mass is 19.1. The van der Waals surface area contributed by atoms with Gasteiger partial charge in [-0.15, -0.1) is 0 Å². The highest BCUT2D eigenvalue weighted by Crippen LogP contribution is 2.19. The maximum Gasteiger partial charge on any atom is 0.244 e. The van der Waals surface area contributed by atoms with E-state index >= 15 is 0 Å². The summed E-state index contributed by atoms with van der Waals surface area (Å²) < 4.78 is 13.8. The van der Waals surface area contributed by atoms with E-state index in [0.717, 1.165) is 16.0 Å². The summed E-state index contributed by atoms with van der Waals surface area (Å²) in [6, 6.07) is 11.4. The minimum Gasteiger partial charge on any atom is -0.325 e. The lowest BCUT2D eigenvalue weighted by atomic mass is 10.1. The van der Waals surface area contributed by atoms with Crippen LogP contribution in [0, 0.1) is 19.7 Å². The molecule has 2 aromatic rings. The molecule has 0 aromatic heterocycles. The Kier molecular flexibility index (Phi) is 5.11. The number of halogens is 1. The lowest BCUT2D eigenvalue weighted by molar-refractivity contribution is -0.120. The van der Waals surface area contributed by atoms with E-state index in [1.807, 2.05) is 26.0 Å². The van der Waals surface area contributed by atoms with Crippen LogP contribution in [0.15, 0.2) is 42.5 Å². The second kappa shape index (κ2) is 7.05. The summed E-state index contributed by atoms with van der Waals surface area (Å²) in [5, 5.41) is 2.73. The highest BCUT2D eigenvalue weighted by Gasteiger charge is 2.18. The van der Waals surface area contributed by atoms with Crippen LogP contribution >= 0.6 is 0 Å². The van der Waals surface area contributed by atoms with Crippen LogP contribution in [-0.4, -0.2) is 18.4 Å². The highest BCUT2D eigenvalue weighted by molar-refractivity contribution is 6.01. The molecule has 23 heavy (non-hydrogen) atoms. The SMILES string of the molecule is CC(=O)N(CC(=O)Nc1ccc(C)c(C)c1)c1ccccc1F. The van der Waals surface area contributed by atoms with E-state index in [-0.39, 0.29) is 18.1 Å². The minimum absolute atomic E-state index is 0.0928. The van der Waals surface area contributed by atoms with Crippen molar-refractivity contribution in [1.29, 1.82) is 0 Å². The summed E-state index contributed by atoms with van der Waals surface area (Å²) in [6.45, 7) is 4.99. The van der Waals surface area contributed by atoms with Gasteiger partial charge in [-0.1, -0.05) is 18.2 Å². The van der Waals surface area contributed by atoms with Crippen LogP contribution in [0.25, 0.3) is 0 Å². The van der Waals surface area contributed by atoms with Gasteiger partial charge in [-0.25, -0.2) is 4.39 Å². The maximum atomic E-state index is 13.8. The van der Waals surface area contributed by atoms with Gasteiger partial charge in [-0.2, -0.15) is 0 Å². The Morgan fingerprint density at radius 2 is 1.78 bits per heavy atom. The predicted molar refractivity (Wildman–Crippen MR) is 89.0 cm³/mol. The van der Waals surface area contributed by atoms with Crippen molar-refractivity contribution >= 4 is 23.2 Å². The van der Waals surface area contributed by atoms with Crippen molar-refractivity contribution in [2.24, 2.45) is 0 Å². The first-order valence-corrected chi connectivity index (χ1v) is 7.28. The zero-order valence-electron chi connectivity index (χ0n) is 13.4. The largest absolute Gasteiger partial charge is 0.325 e. The number of benzene rings is 2. The van der Waals surface area contributed by atoms with Crippen molar-refractivity contribution in [2.75, 3.05) is 16.8 Å². The summed E-state index contributed by atoms with van der Waals surface area (Å²) in [4.78, 5) is 25.1. The van der Waals surface area contributed by atoms with E-state index in [9.17, 15) is 14.0 Å². The molecular formula is C18H19FN2O2. The number of amides is 2. The quantitative estimate of drug-likeness (QED) is 0.940. The second-order valence-corrected chi connectivity index (χ2v) is 5.40. The first-order chi connectivity index (χ1) is 10.9. The number of rotatable bonds is 4. The Bertz CT molecular complexity index is 744. The molecule has 2 amide bonds. The summed E-state index contributed by atoms with van der Waals surface area (Å²) in [6.07, 6.45) is 0. The van der Waals surface area contributed by atoms with Crippen molar-refractivity contribution < 1.29 is 14.0 Å². The number of hydrogen-bond donors (Lipinski definition) is 1. The second-order valence-electron chi connectivity index (χ2n) is 5.40. The van der Waals surface area contributed by atoms with Gasteiger partial charge >= 0.3 is 0 Å². The van der Waals surface area contributed by atoms with E-state index in [2.05, 4.69) is 5.32 Å². The summed E-state index contributed by atoms with van der Waals surface area (Å²) in [5.74, 6) is -1.32. The van der Waals surface area contributed by atoms with E-state index in [1.54, 1.807) is 12.1 Å². The Labute approximate surface area is 134 Å². The fraction of sp³-hybridized carbons (Fsp3) is 0.222. The third-order valence-corrected chi connectivity index (χ3v) is 3.62. The lowest BCUT2D eigenvalue weighted by Gasteiger charge is -2.21. The molecule has 4 nitrogen and oxygen atoms in total. The van der Waals surface area contributed by atoms with Crippen molar-refractivity contribution in [2.45, 2.75) is 20.8 Å². The number of carbonyl (C=O) groups excluding carboxylic acids is 2. The molecule has 1 N–H and O–H groups in total. The van der Waals surface area contributed by atoms with Gasteiger partial charge in [0.2, 0.25) is 11.8 Å². The van der Waals surface area contributed by atoms with E-state index in [1.165, 1.54) is 25.1 Å². The smallest absolute Gasteiger partial charge is 0.244 e. The fourth-order valence-corrected chi connectivity index (χ4v) is 2.20. The number of anilines is 2. The maximum absolute atomic E-state index is 13.8. The topological polar surface area (TPSA) is 49.4 Å². The molecule has 120 valence electrons. The molecule has 0 heterocycles. The molecule has 0 aliphatic carbocycles. The Morgan fingerprint density at radius 3 is 2.39 bits per heavy atom. The standard InChI is InChI=1S/C18H19FN2O2/c1-12-8-9-15(10-13(12)2)20-18(23)11-21(14(3)22)17-7-5-4-6-16(17)19/h4-10H,11H2,1-3H3,(H,20,23). The van der Waals surface area contributed by atoms with Crippen molar-refractivity contribution in [1.82, 2.24) is 0 Å². The van der Waals surface area contributed by atoms with E-state index in [0.29, 0.717) is 5.69 Å². The molecule has 5 heteroatoms. The van der Waals surface area contributed by atoms with Crippen LogP contribution in [0.3, 0.4) is 0 Å². The van der Waals surface area contributed by atoms with Gasteiger partial charge in [0.1, 0.15) is 12.4 Å². The van der Waals surface area contributed by atoms with Crippen LogP contribution < -0.4 is 10.2 Å². The zero-order chi connectivity index (χ0) is 17.0. The zero-order valence-corrected chi connectivity index (χ0v) is 13.4. The number of aryl methyl sites for hydroxylation is 2. The van der Waals surface area contributed by atoms with Gasteiger partial charge < -0.3 is 10.2 Å². The number of nitrogens with one attached hydrogen (secondary N) is 1. The Balaban J connectivity index is 2.14. The number of carbonyl (C=O) groups is 2. The third-order valence-electron chi connectivity index (χ3n) is 3.62. The lowest BCUT2D eigenvalue weighted by Crippen LogP contribution is -2.37. The molecule has 0 radical (unpaired) electrons. The van der Waals surface area contributed by atoms with Gasteiger partial charge in [0.05, 0.1) is 5.69 Å². The van der Waals surface area contributed by atoms with E-state index < -0.39 is 11.7 Å². The average molecular weight is 314 g/mol. The monoisotopic (exact) mass is 314 g/mol. The molecule has 0 unspecified atom stereocenters. The molecule has 2 aromatic carbocycles. The van der Waals surface area contributed by atoms with Gasteiger partial charge in [-0.05, 0) is 49.2 Å². The summed E-state index contributed by atoms with van der Waals surface area (Å²) >= 11 is 0. The summed E-state index contributed by atoms with van der Waals surface area (Å²) in [7, 11) is 0. The molecule has 0 aliphatic heterocycles. The summed E-state index contributed by atoms with van der Waals surface area (Å²) in [5.41, 5.74) is 2.92. The van der Waals surface area contributed by atoms with Crippen LogP contribution in [0.5, 0.6) is 0 Å². The van der Waals surface area contributed by atoms with Gasteiger partial charge in [0.25, 0.3) is 0 Å². The third kappa shape index (κ3) is 4.16. The first-order valence-electron chi connectivity index (χ1n) is 7.28. The van der Waals surface area contributed by atoms with Crippen LogP contribution in [-0.2, 0) is 9.59 Å². The van der Waals surface area contributed by atoms with Crippen LogP contribution in [0.4, 0.5) is 15.8 Å². The van der Waals surface area contributed by atoms with Gasteiger partial charge in [0, 0.05) is 12.6 Å². The van der Waals surface area contributed by atoms with Crippen LogP contribution in [0.2, 0.25) is 0 Å². The van der Waals surface area contributed by atoms with E-state index in [4.69, 9.17) is 0 Å². The Morgan fingerprint density at radius 1 is 1.09 bits per heavy atom. The minimum atomic E-state index is -0.540. The molecular weight excluding hydrogens is 295 g/mol. The molecule has 0 saturated carbocycles. The molecule has 0 saturated heterocycles.